The number of carbonyl (C=O) groups excluding carboxylic acids is 1. The highest BCUT2D eigenvalue weighted by Gasteiger charge is 2.15. The number of esters is 1. The van der Waals surface area contributed by atoms with Gasteiger partial charge in [0.1, 0.15) is 11.5 Å². The van der Waals surface area contributed by atoms with Gasteiger partial charge in [0, 0.05) is 0 Å². The second kappa shape index (κ2) is 6.94. The van der Waals surface area contributed by atoms with Gasteiger partial charge in [-0.05, 0) is 40.6 Å². The van der Waals surface area contributed by atoms with E-state index < -0.39 is 16.1 Å². The van der Waals surface area contributed by atoms with Gasteiger partial charge in [-0.15, -0.1) is 0 Å². The smallest absolute Gasteiger partial charge is 0.337 e. The van der Waals surface area contributed by atoms with Crippen LogP contribution in [-0.2, 0) is 20.6 Å². The van der Waals surface area contributed by atoms with Crippen molar-refractivity contribution in [3.05, 3.63) is 77.9 Å². The lowest BCUT2D eigenvalue weighted by Gasteiger charge is -2.08. The van der Waals surface area contributed by atoms with Crippen LogP contribution in [0.2, 0.25) is 0 Å². The molecule has 0 N–H and O–H groups in total. The summed E-state index contributed by atoms with van der Waals surface area (Å²) in [5, 5.41) is 1.91. The molecule has 25 heavy (non-hydrogen) atoms. The number of carbonyl (C=O) groups is 1. The molecule has 0 atom stereocenters. The maximum atomic E-state index is 12.3. The first-order chi connectivity index (χ1) is 12.0. The van der Waals surface area contributed by atoms with Crippen LogP contribution < -0.4 is 4.18 Å². The van der Waals surface area contributed by atoms with Crippen molar-refractivity contribution in [2.45, 2.75) is 5.75 Å². The van der Waals surface area contributed by atoms with Crippen molar-refractivity contribution in [1.82, 2.24) is 0 Å². The Kier molecular flexibility index (Phi) is 4.72. The molecule has 0 aliphatic heterocycles. The Morgan fingerprint density at radius 3 is 2.28 bits per heavy atom. The largest absolute Gasteiger partial charge is 0.465 e. The Bertz CT molecular complexity index is 1010. The molecule has 0 saturated carbocycles. The predicted octanol–water partition coefficient (Wildman–Crippen LogP) is 3.54. The number of ether oxygens (including phenoxy) is 1. The molecule has 0 bridgehead atoms. The first-order valence-corrected chi connectivity index (χ1v) is 9.13. The molecule has 0 saturated heterocycles. The number of fused-ring (bicyclic) bond motifs is 1. The zero-order valence-corrected chi connectivity index (χ0v) is 14.3. The fourth-order valence-corrected chi connectivity index (χ4v) is 3.51. The molecule has 0 unspecified atom stereocenters. The predicted molar refractivity (Wildman–Crippen MR) is 95.0 cm³/mol. The standard InChI is InChI=1S/C19H16O5S/c1-23-19(20)16-8-6-14(7-9-16)13-25(21,22)24-18-11-10-15-4-2-3-5-17(15)12-18/h2-12H,13H2,1H3. The highest BCUT2D eigenvalue weighted by Crippen LogP contribution is 2.22. The summed E-state index contributed by atoms with van der Waals surface area (Å²) in [5.41, 5.74) is 0.882. The van der Waals surface area contributed by atoms with Gasteiger partial charge in [0.15, 0.2) is 0 Å². The van der Waals surface area contributed by atoms with Crippen LogP contribution in [0.4, 0.5) is 0 Å². The van der Waals surface area contributed by atoms with Crippen LogP contribution >= 0.6 is 0 Å². The number of rotatable bonds is 5. The minimum Gasteiger partial charge on any atom is -0.465 e. The Morgan fingerprint density at radius 2 is 1.60 bits per heavy atom. The lowest BCUT2D eigenvalue weighted by molar-refractivity contribution is 0.0600. The van der Waals surface area contributed by atoms with Gasteiger partial charge in [-0.1, -0.05) is 42.5 Å². The Labute approximate surface area is 145 Å². The van der Waals surface area contributed by atoms with Crippen LogP contribution in [0.25, 0.3) is 10.8 Å². The van der Waals surface area contributed by atoms with E-state index in [-0.39, 0.29) is 11.5 Å². The summed E-state index contributed by atoms with van der Waals surface area (Å²) in [6.45, 7) is 0. The summed E-state index contributed by atoms with van der Waals surface area (Å²) in [7, 11) is -2.52. The molecule has 0 fully saturated rings. The molecule has 128 valence electrons. The molecule has 0 radical (unpaired) electrons. The van der Waals surface area contributed by atoms with Crippen LogP contribution in [-0.4, -0.2) is 21.5 Å². The van der Waals surface area contributed by atoms with Crippen molar-refractivity contribution in [3.63, 3.8) is 0 Å². The fraction of sp³-hybridized carbons (Fsp3) is 0.105. The third kappa shape index (κ3) is 4.16. The summed E-state index contributed by atoms with van der Waals surface area (Å²) in [4.78, 5) is 11.4. The number of hydrogen-bond donors (Lipinski definition) is 0. The molecular formula is C19H16O5S. The highest BCUT2D eigenvalue weighted by atomic mass is 32.2. The van der Waals surface area contributed by atoms with Gasteiger partial charge in [0.05, 0.1) is 12.7 Å². The summed E-state index contributed by atoms with van der Waals surface area (Å²) < 4.78 is 34.3. The first-order valence-electron chi connectivity index (χ1n) is 7.55. The Morgan fingerprint density at radius 1 is 0.920 bits per heavy atom. The highest BCUT2D eigenvalue weighted by molar-refractivity contribution is 7.86. The zero-order valence-electron chi connectivity index (χ0n) is 13.5. The van der Waals surface area contributed by atoms with E-state index in [2.05, 4.69) is 4.74 Å². The zero-order chi connectivity index (χ0) is 17.9. The summed E-state index contributed by atoms with van der Waals surface area (Å²) in [6, 6.07) is 18.9. The second-order valence-electron chi connectivity index (χ2n) is 5.48. The third-order valence-electron chi connectivity index (χ3n) is 3.66. The van der Waals surface area contributed by atoms with Gasteiger partial charge >= 0.3 is 16.1 Å². The normalized spacial score (nSPS) is 11.2. The average molecular weight is 356 g/mol. The molecule has 3 rings (SSSR count). The number of benzene rings is 3. The van der Waals surface area contributed by atoms with E-state index in [0.29, 0.717) is 11.1 Å². The fourth-order valence-electron chi connectivity index (χ4n) is 2.45. The molecule has 0 aromatic heterocycles. The van der Waals surface area contributed by atoms with Crippen LogP contribution in [0.3, 0.4) is 0 Å². The minimum absolute atomic E-state index is 0.268. The lowest BCUT2D eigenvalue weighted by Crippen LogP contribution is -2.12. The number of hydrogen-bond acceptors (Lipinski definition) is 5. The van der Waals surface area contributed by atoms with E-state index >= 15 is 0 Å². The van der Waals surface area contributed by atoms with E-state index in [9.17, 15) is 13.2 Å². The second-order valence-corrected chi connectivity index (χ2v) is 7.05. The first kappa shape index (κ1) is 17.0. The van der Waals surface area contributed by atoms with Crippen molar-refractivity contribution in [2.75, 3.05) is 7.11 Å². The molecule has 0 aliphatic rings. The van der Waals surface area contributed by atoms with E-state index in [1.807, 2.05) is 30.3 Å². The summed E-state index contributed by atoms with van der Waals surface area (Å²) >= 11 is 0. The molecule has 5 nitrogen and oxygen atoms in total. The van der Waals surface area contributed by atoms with Crippen molar-refractivity contribution >= 4 is 26.9 Å². The van der Waals surface area contributed by atoms with Gasteiger partial charge in [0.25, 0.3) is 0 Å². The lowest BCUT2D eigenvalue weighted by atomic mass is 10.1. The summed E-state index contributed by atoms with van der Waals surface area (Å²) in [6.07, 6.45) is 0. The SMILES string of the molecule is COC(=O)c1ccc(CS(=O)(=O)Oc2ccc3ccccc3c2)cc1. The van der Waals surface area contributed by atoms with Gasteiger partial charge in [-0.3, -0.25) is 0 Å². The minimum atomic E-state index is -3.81. The van der Waals surface area contributed by atoms with Crippen LogP contribution in [0.1, 0.15) is 15.9 Å². The quantitative estimate of drug-likeness (QED) is 0.517. The van der Waals surface area contributed by atoms with Crippen molar-refractivity contribution in [3.8, 4) is 5.75 Å². The van der Waals surface area contributed by atoms with Crippen LogP contribution in [0.15, 0.2) is 66.7 Å². The monoisotopic (exact) mass is 356 g/mol. The van der Waals surface area contributed by atoms with Crippen LogP contribution in [0.5, 0.6) is 5.75 Å². The summed E-state index contributed by atoms with van der Waals surface area (Å²) in [5.74, 6) is -0.493. The van der Waals surface area contributed by atoms with E-state index in [1.54, 1.807) is 24.3 Å². The molecule has 3 aromatic carbocycles. The van der Waals surface area contributed by atoms with E-state index in [1.165, 1.54) is 19.2 Å². The Balaban J connectivity index is 1.75. The third-order valence-corrected chi connectivity index (χ3v) is 4.80. The van der Waals surface area contributed by atoms with E-state index in [0.717, 1.165) is 10.8 Å². The maximum Gasteiger partial charge on any atom is 0.337 e. The van der Waals surface area contributed by atoms with Gasteiger partial charge < -0.3 is 8.92 Å². The molecular weight excluding hydrogens is 340 g/mol. The maximum absolute atomic E-state index is 12.3. The van der Waals surface area contributed by atoms with Gasteiger partial charge in [-0.2, -0.15) is 8.42 Å². The number of methoxy groups -OCH3 is 1. The van der Waals surface area contributed by atoms with Crippen molar-refractivity contribution in [1.29, 1.82) is 0 Å². The van der Waals surface area contributed by atoms with Gasteiger partial charge in [-0.25, -0.2) is 4.79 Å². The van der Waals surface area contributed by atoms with Crippen molar-refractivity contribution < 1.29 is 22.1 Å². The Hall–Kier alpha value is -2.86. The molecule has 6 heteroatoms. The van der Waals surface area contributed by atoms with E-state index in [4.69, 9.17) is 4.18 Å². The van der Waals surface area contributed by atoms with Gasteiger partial charge in [0.2, 0.25) is 0 Å². The molecule has 0 spiro atoms. The molecule has 0 amide bonds. The van der Waals surface area contributed by atoms with Crippen LogP contribution in [0, 0.1) is 0 Å². The molecule has 0 heterocycles. The van der Waals surface area contributed by atoms with Crippen molar-refractivity contribution in [2.24, 2.45) is 0 Å². The molecule has 3 aromatic rings. The topological polar surface area (TPSA) is 69.7 Å². The average Bonchev–Trinajstić information content (AvgIpc) is 2.61. The molecule has 0 aliphatic carbocycles.